The summed E-state index contributed by atoms with van der Waals surface area (Å²) in [7, 11) is 0. The van der Waals surface area contributed by atoms with Crippen molar-refractivity contribution >= 4 is 6.29 Å². The summed E-state index contributed by atoms with van der Waals surface area (Å²) in [5.74, 6) is 1.71. The molecule has 0 aliphatic heterocycles. The summed E-state index contributed by atoms with van der Waals surface area (Å²) in [6.45, 7) is 4.05. The summed E-state index contributed by atoms with van der Waals surface area (Å²) in [5.41, 5.74) is 0.875. The Morgan fingerprint density at radius 2 is 2.18 bits per heavy atom. The molecule has 0 aliphatic carbocycles. The number of aldehydes is 1. The third-order valence-electron chi connectivity index (χ3n) is 2.23. The van der Waals surface area contributed by atoms with Crippen LogP contribution in [0.4, 0.5) is 0 Å². The van der Waals surface area contributed by atoms with Gasteiger partial charge in [-0.15, -0.1) is 0 Å². The first-order valence-corrected chi connectivity index (χ1v) is 5.22. The molecule has 0 spiro atoms. The van der Waals surface area contributed by atoms with Crippen molar-refractivity contribution in [3.05, 3.63) is 54.8 Å². The van der Waals surface area contributed by atoms with E-state index >= 15 is 0 Å². The second-order valence-electron chi connectivity index (χ2n) is 3.45. The lowest BCUT2D eigenvalue weighted by Gasteiger charge is -2.04. The molecule has 0 atom stereocenters. The maximum atomic E-state index is 10.5. The van der Waals surface area contributed by atoms with Gasteiger partial charge in [-0.25, -0.2) is 0 Å². The maximum Gasteiger partial charge on any atom is 0.185 e. The fourth-order valence-electron chi connectivity index (χ4n) is 1.47. The van der Waals surface area contributed by atoms with E-state index in [4.69, 9.17) is 9.15 Å². The Balaban J connectivity index is 2.25. The second-order valence-corrected chi connectivity index (χ2v) is 3.45. The second kappa shape index (κ2) is 5.16. The highest BCUT2D eigenvalue weighted by Gasteiger charge is 2.05. The number of carbonyl (C=O) groups excluding carboxylic acids is 1. The van der Waals surface area contributed by atoms with Gasteiger partial charge in [-0.3, -0.25) is 4.79 Å². The average Bonchev–Trinajstić information content (AvgIpc) is 2.85. The summed E-state index contributed by atoms with van der Waals surface area (Å²) in [6.07, 6.45) is 2.37. The zero-order valence-electron chi connectivity index (χ0n) is 9.26. The molecular formula is C14H12O3. The number of furan rings is 1. The lowest BCUT2D eigenvalue weighted by molar-refractivity contribution is 0.110. The lowest BCUT2D eigenvalue weighted by Crippen LogP contribution is -1.92. The van der Waals surface area contributed by atoms with E-state index in [9.17, 15) is 4.79 Å². The summed E-state index contributed by atoms with van der Waals surface area (Å²) in [4.78, 5) is 10.5. The van der Waals surface area contributed by atoms with Crippen LogP contribution in [0.5, 0.6) is 5.75 Å². The topological polar surface area (TPSA) is 39.4 Å². The minimum atomic E-state index is 0.317. The molecule has 0 fully saturated rings. The molecule has 2 rings (SSSR count). The molecule has 1 heterocycles. The molecule has 17 heavy (non-hydrogen) atoms. The lowest BCUT2D eigenvalue weighted by atomic mass is 10.1. The molecular weight excluding hydrogens is 216 g/mol. The van der Waals surface area contributed by atoms with Crippen LogP contribution < -0.4 is 4.74 Å². The first kappa shape index (κ1) is 11.2. The molecule has 1 aromatic carbocycles. The predicted octanol–water partition coefficient (Wildman–Crippen LogP) is 3.32. The maximum absolute atomic E-state index is 10.5. The monoisotopic (exact) mass is 228 g/mol. The molecule has 86 valence electrons. The molecule has 3 heteroatoms. The number of rotatable bonds is 5. The van der Waals surface area contributed by atoms with Crippen molar-refractivity contribution in [3.63, 3.8) is 0 Å². The van der Waals surface area contributed by atoms with Crippen molar-refractivity contribution in [1.82, 2.24) is 0 Å². The van der Waals surface area contributed by atoms with Gasteiger partial charge >= 0.3 is 0 Å². The Labute approximate surface area is 99.3 Å². The van der Waals surface area contributed by atoms with E-state index in [0.717, 1.165) is 11.3 Å². The Bertz CT molecular complexity index is 526. The fraction of sp³-hybridized carbons (Fsp3) is 0.0714. The van der Waals surface area contributed by atoms with Gasteiger partial charge in [0.05, 0.1) is 0 Å². The molecule has 0 radical (unpaired) electrons. The summed E-state index contributed by atoms with van der Waals surface area (Å²) < 4.78 is 10.8. The van der Waals surface area contributed by atoms with E-state index in [-0.39, 0.29) is 0 Å². The van der Waals surface area contributed by atoms with Crippen LogP contribution in [0.1, 0.15) is 10.6 Å². The van der Waals surface area contributed by atoms with Crippen LogP contribution in [-0.2, 0) is 0 Å². The van der Waals surface area contributed by atoms with Crippen molar-refractivity contribution in [1.29, 1.82) is 0 Å². The number of hydrogen-bond donors (Lipinski definition) is 0. The van der Waals surface area contributed by atoms with Gasteiger partial charge in [-0.1, -0.05) is 24.8 Å². The SMILES string of the molecule is C=CCOc1cccc(-c2ccc(C=O)o2)c1. The van der Waals surface area contributed by atoms with Gasteiger partial charge in [0.25, 0.3) is 0 Å². The van der Waals surface area contributed by atoms with Gasteiger partial charge in [0.2, 0.25) is 0 Å². The van der Waals surface area contributed by atoms with Crippen LogP contribution in [0.25, 0.3) is 11.3 Å². The van der Waals surface area contributed by atoms with Gasteiger partial charge < -0.3 is 9.15 Å². The average molecular weight is 228 g/mol. The van der Waals surface area contributed by atoms with E-state index in [1.165, 1.54) is 0 Å². The first-order chi connectivity index (χ1) is 8.33. The zero-order chi connectivity index (χ0) is 12.1. The van der Waals surface area contributed by atoms with E-state index in [2.05, 4.69) is 6.58 Å². The summed E-state index contributed by atoms with van der Waals surface area (Å²) in [5, 5.41) is 0. The van der Waals surface area contributed by atoms with E-state index < -0.39 is 0 Å². The molecule has 0 saturated heterocycles. The van der Waals surface area contributed by atoms with Crippen LogP contribution in [0.3, 0.4) is 0 Å². The summed E-state index contributed by atoms with van der Waals surface area (Å²) in [6, 6.07) is 10.9. The number of benzene rings is 1. The van der Waals surface area contributed by atoms with Crippen LogP contribution >= 0.6 is 0 Å². The Morgan fingerprint density at radius 3 is 2.88 bits per heavy atom. The molecule has 0 saturated carbocycles. The summed E-state index contributed by atoms with van der Waals surface area (Å²) >= 11 is 0. The van der Waals surface area contributed by atoms with Crippen molar-refractivity contribution in [2.24, 2.45) is 0 Å². The van der Waals surface area contributed by atoms with Crippen LogP contribution in [0.15, 0.2) is 53.5 Å². The highest BCUT2D eigenvalue weighted by molar-refractivity contribution is 5.73. The minimum Gasteiger partial charge on any atom is -0.490 e. The van der Waals surface area contributed by atoms with Gasteiger partial charge in [-0.2, -0.15) is 0 Å². The molecule has 3 nitrogen and oxygen atoms in total. The van der Waals surface area contributed by atoms with Gasteiger partial charge in [0.1, 0.15) is 18.1 Å². The van der Waals surface area contributed by atoms with Crippen LogP contribution in [0.2, 0.25) is 0 Å². The zero-order valence-corrected chi connectivity index (χ0v) is 9.26. The number of carbonyl (C=O) groups is 1. The quantitative estimate of drug-likeness (QED) is 0.582. The van der Waals surface area contributed by atoms with Gasteiger partial charge in [-0.05, 0) is 24.3 Å². The normalized spacial score (nSPS) is 9.88. The first-order valence-electron chi connectivity index (χ1n) is 5.22. The molecule has 0 amide bonds. The predicted molar refractivity (Wildman–Crippen MR) is 65.2 cm³/mol. The van der Waals surface area contributed by atoms with Gasteiger partial charge in [0.15, 0.2) is 12.0 Å². The highest BCUT2D eigenvalue weighted by Crippen LogP contribution is 2.25. The standard InChI is InChI=1S/C14H12O3/c1-2-8-16-12-5-3-4-11(9-12)14-7-6-13(10-15)17-14/h2-7,9-10H,1,8H2. The molecule has 0 N–H and O–H groups in total. The molecule has 0 bridgehead atoms. The van der Waals surface area contributed by atoms with Crippen molar-refractivity contribution in [2.45, 2.75) is 0 Å². The highest BCUT2D eigenvalue weighted by atomic mass is 16.5. The number of hydrogen-bond acceptors (Lipinski definition) is 3. The van der Waals surface area contributed by atoms with Gasteiger partial charge in [0, 0.05) is 5.56 Å². The molecule has 1 aromatic heterocycles. The van der Waals surface area contributed by atoms with Crippen LogP contribution in [0, 0.1) is 0 Å². The Kier molecular flexibility index (Phi) is 3.40. The fourth-order valence-corrected chi connectivity index (χ4v) is 1.47. The van der Waals surface area contributed by atoms with E-state index in [0.29, 0.717) is 24.4 Å². The largest absolute Gasteiger partial charge is 0.490 e. The molecule has 2 aromatic rings. The van der Waals surface area contributed by atoms with E-state index in [1.807, 2.05) is 24.3 Å². The number of ether oxygens (including phenoxy) is 1. The smallest absolute Gasteiger partial charge is 0.185 e. The van der Waals surface area contributed by atoms with Crippen molar-refractivity contribution < 1.29 is 13.9 Å². The third-order valence-corrected chi connectivity index (χ3v) is 2.23. The third kappa shape index (κ3) is 2.64. The molecule has 0 unspecified atom stereocenters. The minimum absolute atomic E-state index is 0.317. The Hall–Kier alpha value is -2.29. The van der Waals surface area contributed by atoms with Crippen molar-refractivity contribution in [3.8, 4) is 17.1 Å². The Morgan fingerprint density at radius 1 is 1.29 bits per heavy atom. The van der Waals surface area contributed by atoms with Crippen LogP contribution in [-0.4, -0.2) is 12.9 Å². The van der Waals surface area contributed by atoms with Crippen molar-refractivity contribution in [2.75, 3.05) is 6.61 Å². The molecule has 0 aliphatic rings. The van der Waals surface area contributed by atoms with E-state index in [1.54, 1.807) is 18.2 Å².